The molecule has 34 heavy (non-hydrogen) atoms. The minimum absolute atomic E-state index is 0. The summed E-state index contributed by atoms with van der Waals surface area (Å²) in [4.78, 5) is 21.4. The number of halogens is 1. The monoisotopic (exact) mass is 520 g/mol. The summed E-state index contributed by atoms with van der Waals surface area (Å²) in [6.45, 7) is 2.40. The molecule has 2 fully saturated rings. The van der Waals surface area contributed by atoms with E-state index < -0.39 is 10.0 Å². The average Bonchev–Trinajstić information content (AvgIpc) is 3.49. The molecule has 0 aliphatic carbocycles. The molecule has 0 spiro atoms. The lowest BCUT2D eigenvalue weighted by molar-refractivity contribution is -0.122. The summed E-state index contributed by atoms with van der Waals surface area (Å²) >= 11 is 7.23. The minimum atomic E-state index is -3.72. The molecular formula is C24H29ClN4O3S2. The van der Waals surface area contributed by atoms with Crippen molar-refractivity contribution < 1.29 is 16.1 Å². The van der Waals surface area contributed by atoms with Gasteiger partial charge in [-0.15, -0.1) is 11.3 Å². The van der Waals surface area contributed by atoms with Crippen LogP contribution in [-0.4, -0.2) is 49.9 Å². The van der Waals surface area contributed by atoms with Crippen molar-refractivity contribution in [1.82, 2.24) is 9.88 Å². The van der Waals surface area contributed by atoms with Gasteiger partial charge in [0.25, 0.3) is 10.0 Å². The third-order valence-electron chi connectivity index (χ3n) is 6.60. The SMILES string of the molecule is O=C1[C@@H](N2CCC(c3ccc(Cl)cc3)CC2)CCN1c1ccc(S(=O)(=O)Nc2nccs2)cc1.[HH].[HH]. The Hall–Kier alpha value is -2.46. The van der Waals surface area contributed by atoms with E-state index in [4.69, 9.17) is 11.6 Å². The second kappa shape index (κ2) is 9.65. The molecule has 10 heteroatoms. The number of carbonyl (C=O) groups excluding carboxylic acids is 1. The highest BCUT2D eigenvalue weighted by Gasteiger charge is 2.38. The van der Waals surface area contributed by atoms with Crippen LogP contribution in [0, 0.1) is 0 Å². The van der Waals surface area contributed by atoms with Gasteiger partial charge in [0.1, 0.15) is 0 Å². The standard InChI is InChI=1S/C24H25ClN4O3S2.2H2/c25-19-3-1-17(2-4-19)18-9-13-28(14-10-18)22-11-15-29(23(22)30)20-5-7-21(8-6-20)34(31,32)27-24-26-12-16-33-24;;/h1-8,12,16,18,22H,9-11,13-15H2,(H,26,27);2*1H/t22-;;/m0../s1. The van der Waals surface area contributed by atoms with Crippen LogP contribution in [0.15, 0.2) is 65.0 Å². The Labute approximate surface area is 211 Å². The summed E-state index contributed by atoms with van der Waals surface area (Å²) < 4.78 is 27.6. The normalized spacial score (nSPS) is 20.1. The van der Waals surface area contributed by atoms with Crippen molar-refractivity contribution in [3.63, 3.8) is 0 Å². The first-order valence-electron chi connectivity index (χ1n) is 11.2. The molecule has 2 aliphatic heterocycles. The number of nitrogens with one attached hydrogen (secondary N) is 1. The second-order valence-corrected chi connectivity index (χ2v) is 11.6. The maximum absolute atomic E-state index is 13.2. The highest BCUT2D eigenvalue weighted by Crippen LogP contribution is 2.33. The van der Waals surface area contributed by atoms with E-state index in [9.17, 15) is 13.2 Å². The lowest BCUT2D eigenvalue weighted by Crippen LogP contribution is -2.45. The Kier molecular flexibility index (Phi) is 6.61. The Morgan fingerprint density at radius 3 is 2.35 bits per heavy atom. The molecule has 1 amide bonds. The second-order valence-electron chi connectivity index (χ2n) is 8.59. The van der Waals surface area contributed by atoms with Crippen LogP contribution in [0.2, 0.25) is 5.02 Å². The van der Waals surface area contributed by atoms with Crippen molar-refractivity contribution in [2.24, 2.45) is 0 Å². The summed E-state index contributed by atoms with van der Waals surface area (Å²) in [5.74, 6) is 0.579. The number of carbonyl (C=O) groups is 1. The zero-order valence-corrected chi connectivity index (χ0v) is 20.8. The molecule has 0 saturated carbocycles. The summed E-state index contributed by atoms with van der Waals surface area (Å²) in [5.41, 5.74) is 2.03. The molecule has 5 rings (SSSR count). The zero-order valence-electron chi connectivity index (χ0n) is 18.4. The number of likely N-dealkylation sites (tertiary alicyclic amines) is 1. The van der Waals surface area contributed by atoms with Gasteiger partial charge in [0.2, 0.25) is 5.91 Å². The highest BCUT2D eigenvalue weighted by atomic mass is 35.5. The zero-order chi connectivity index (χ0) is 23.7. The molecule has 0 unspecified atom stereocenters. The number of anilines is 2. The maximum atomic E-state index is 13.2. The van der Waals surface area contributed by atoms with Crippen molar-refractivity contribution in [3.05, 3.63) is 70.7 Å². The number of amides is 1. The van der Waals surface area contributed by atoms with Crippen LogP contribution in [0.3, 0.4) is 0 Å². The maximum Gasteiger partial charge on any atom is 0.263 e. The van der Waals surface area contributed by atoms with Gasteiger partial charge in [-0.1, -0.05) is 23.7 Å². The fourth-order valence-electron chi connectivity index (χ4n) is 4.79. The molecule has 2 aliphatic rings. The van der Waals surface area contributed by atoms with Gasteiger partial charge in [-0.2, -0.15) is 0 Å². The number of rotatable bonds is 6. The number of piperidine rings is 1. The molecular weight excluding hydrogens is 492 g/mol. The van der Waals surface area contributed by atoms with Gasteiger partial charge in [0.05, 0.1) is 10.9 Å². The minimum Gasteiger partial charge on any atom is -0.311 e. The average molecular weight is 521 g/mol. The number of hydrogen-bond donors (Lipinski definition) is 1. The molecule has 2 aromatic carbocycles. The summed E-state index contributed by atoms with van der Waals surface area (Å²) in [5, 5.41) is 2.77. The van der Waals surface area contributed by atoms with Crippen LogP contribution in [0.25, 0.3) is 0 Å². The van der Waals surface area contributed by atoms with Crippen LogP contribution < -0.4 is 9.62 Å². The quantitative estimate of drug-likeness (QED) is 0.490. The Bertz CT molecular complexity index is 1250. The molecule has 7 nitrogen and oxygen atoms in total. The van der Waals surface area contributed by atoms with E-state index in [1.165, 1.54) is 29.0 Å². The largest absolute Gasteiger partial charge is 0.311 e. The number of nitrogens with zero attached hydrogens (tertiary/aromatic N) is 3. The molecule has 0 radical (unpaired) electrons. The van der Waals surface area contributed by atoms with Crippen LogP contribution >= 0.6 is 22.9 Å². The van der Waals surface area contributed by atoms with Crippen LogP contribution in [-0.2, 0) is 14.8 Å². The van der Waals surface area contributed by atoms with E-state index in [2.05, 4.69) is 26.7 Å². The van der Waals surface area contributed by atoms with E-state index >= 15 is 0 Å². The lowest BCUT2D eigenvalue weighted by atomic mass is 9.89. The third-order valence-corrected chi connectivity index (χ3v) is 9.03. The fraction of sp³-hybridized carbons (Fsp3) is 0.333. The predicted molar refractivity (Wildman–Crippen MR) is 139 cm³/mol. The van der Waals surface area contributed by atoms with E-state index in [1.807, 2.05) is 12.1 Å². The van der Waals surface area contributed by atoms with Crippen LogP contribution in [0.1, 0.15) is 33.6 Å². The van der Waals surface area contributed by atoms with Gasteiger partial charge < -0.3 is 4.90 Å². The molecule has 2 saturated heterocycles. The van der Waals surface area contributed by atoms with Gasteiger partial charge >= 0.3 is 0 Å². The summed E-state index contributed by atoms with van der Waals surface area (Å²) in [6, 6.07) is 14.4. The highest BCUT2D eigenvalue weighted by molar-refractivity contribution is 7.93. The Balaban J connectivity index is 0.00000180. The molecule has 1 atom stereocenters. The van der Waals surface area contributed by atoms with Crippen molar-refractivity contribution in [3.8, 4) is 0 Å². The van der Waals surface area contributed by atoms with Crippen LogP contribution in [0.5, 0.6) is 0 Å². The Morgan fingerprint density at radius 1 is 1.00 bits per heavy atom. The Morgan fingerprint density at radius 2 is 1.71 bits per heavy atom. The lowest BCUT2D eigenvalue weighted by Gasteiger charge is -2.35. The smallest absolute Gasteiger partial charge is 0.263 e. The van der Waals surface area contributed by atoms with E-state index in [-0.39, 0.29) is 19.7 Å². The van der Waals surface area contributed by atoms with E-state index in [0.29, 0.717) is 17.6 Å². The molecule has 1 N–H and O–H groups in total. The first kappa shape index (κ1) is 23.3. The number of thiazole rings is 1. The summed E-state index contributed by atoms with van der Waals surface area (Å²) in [6.07, 6.45) is 4.35. The predicted octanol–water partition coefficient (Wildman–Crippen LogP) is 5.07. The summed E-state index contributed by atoms with van der Waals surface area (Å²) in [7, 11) is -3.72. The van der Waals surface area contributed by atoms with Crippen molar-refractivity contribution in [2.45, 2.75) is 36.1 Å². The topological polar surface area (TPSA) is 82.6 Å². The number of hydrogen-bond acceptors (Lipinski definition) is 6. The number of aromatic nitrogens is 1. The van der Waals surface area contributed by atoms with Gasteiger partial charge in [-0.3, -0.25) is 14.4 Å². The van der Waals surface area contributed by atoms with Gasteiger partial charge in [0.15, 0.2) is 5.13 Å². The molecule has 1 aromatic heterocycles. The van der Waals surface area contributed by atoms with Gasteiger partial charge in [0, 0.05) is 31.7 Å². The third kappa shape index (κ3) is 4.84. The first-order valence-corrected chi connectivity index (χ1v) is 14.0. The van der Waals surface area contributed by atoms with Crippen LogP contribution in [0.4, 0.5) is 10.8 Å². The number of benzene rings is 2. The first-order chi connectivity index (χ1) is 16.4. The van der Waals surface area contributed by atoms with Gasteiger partial charge in [-0.05, 0) is 80.2 Å². The fourth-order valence-corrected chi connectivity index (χ4v) is 6.71. The molecule has 182 valence electrons. The van der Waals surface area contributed by atoms with Crippen molar-refractivity contribution in [2.75, 3.05) is 29.3 Å². The molecule has 3 heterocycles. The molecule has 3 aromatic rings. The van der Waals surface area contributed by atoms with Crippen molar-refractivity contribution in [1.29, 1.82) is 0 Å². The van der Waals surface area contributed by atoms with E-state index in [0.717, 1.165) is 43.1 Å². The number of sulfonamides is 1. The van der Waals surface area contributed by atoms with E-state index in [1.54, 1.807) is 28.6 Å². The van der Waals surface area contributed by atoms with Gasteiger partial charge in [-0.25, -0.2) is 13.4 Å². The van der Waals surface area contributed by atoms with Crippen molar-refractivity contribution >= 4 is 49.7 Å². The molecule has 0 bridgehead atoms.